The number of hydrogen-bond donors (Lipinski definition) is 1. The van der Waals surface area contributed by atoms with E-state index in [1.807, 2.05) is 84.3 Å². The monoisotopic (exact) mass is 538 g/mol. The number of pyridine rings is 1. The quantitative estimate of drug-likeness (QED) is 0.149. The van der Waals surface area contributed by atoms with Crippen LogP contribution in [0.15, 0.2) is 95.4 Å². The molecule has 2 aromatic heterocycles. The Morgan fingerprint density at radius 2 is 1.90 bits per heavy atom. The standard InChI is InChI=1S/C29H26N6O3S/c1-3-38-23-13-11-22(12-14-23)35-28(21-8-6-16-30-17-21)33-34-29(35)39-19-27(36)32-31-18-25-24-9-5-4-7-20(24)10-15-26(25)37-2/h4-18H,3,19H2,1-2H3,(H,32,36)/b31-18-. The Morgan fingerprint density at radius 1 is 1.05 bits per heavy atom. The first-order chi connectivity index (χ1) is 19.2. The molecule has 5 rings (SSSR count). The molecule has 3 aromatic carbocycles. The molecule has 0 aliphatic heterocycles. The van der Waals surface area contributed by atoms with Crippen molar-refractivity contribution in [1.29, 1.82) is 0 Å². The maximum Gasteiger partial charge on any atom is 0.250 e. The first-order valence-corrected chi connectivity index (χ1v) is 13.3. The largest absolute Gasteiger partial charge is 0.496 e. The minimum atomic E-state index is -0.278. The predicted molar refractivity (Wildman–Crippen MR) is 153 cm³/mol. The van der Waals surface area contributed by atoms with Crippen molar-refractivity contribution < 1.29 is 14.3 Å². The summed E-state index contributed by atoms with van der Waals surface area (Å²) in [5.74, 6) is 1.88. The third kappa shape index (κ3) is 5.91. The lowest BCUT2D eigenvalue weighted by molar-refractivity contribution is -0.118. The van der Waals surface area contributed by atoms with Crippen LogP contribution in [0.4, 0.5) is 0 Å². The summed E-state index contributed by atoms with van der Waals surface area (Å²) in [6.45, 7) is 2.52. The Kier molecular flexibility index (Phi) is 8.13. The Morgan fingerprint density at radius 3 is 2.67 bits per heavy atom. The molecule has 0 radical (unpaired) electrons. The molecule has 1 N–H and O–H groups in total. The van der Waals surface area contributed by atoms with E-state index in [-0.39, 0.29) is 11.7 Å². The molecule has 9 nitrogen and oxygen atoms in total. The number of hydrazone groups is 1. The molecule has 0 aliphatic rings. The molecule has 0 spiro atoms. The SMILES string of the molecule is CCOc1ccc(-n2c(SCC(=O)N/N=C\c3c(OC)ccc4ccccc34)nnc2-c2cccnc2)cc1. The third-order valence-corrected chi connectivity index (χ3v) is 6.75. The van der Waals surface area contributed by atoms with Crippen LogP contribution >= 0.6 is 11.8 Å². The fraction of sp³-hybridized carbons (Fsp3) is 0.138. The van der Waals surface area contributed by atoms with Crippen molar-refractivity contribution in [2.75, 3.05) is 19.5 Å². The molecule has 0 bridgehead atoms. The number of carbonyl (C=O) groups excluding carboxylic acids is 1. The van der Waals surface area contributed by atoms with Crippen LogP contribution in [-0.2, 0) is 4.79 Å². The van der Waals surface area contributed by atoms with Gasteiger partial charge in [0.25, 0.3) is 5.91 Å². The summed E-state index contributed by atoms with van der Waals surface area (Å²) >= 11 is 1.26. The number of fused-ring (bicyclic) bond motifs is 1. The van der Waals surface area contributed by atoms with Gasteiger partial charge in [0, 0.05) is 29.2 Å². The number of benzene rings is 3. The number of rotatable bonds is 10. The number of methoxy groups -OCH3 is 1. The molecule has 0 aliphatic carbocycles. The first kappa shape index (κ1) is 25.9. The van der Waals surface area contributed by atoms with Gasteiger partial charge in [-0.3, -0.25) is 14.3 Å². The molecule has 0 unspecified atom stereocenters. The summed E-state index contributed by atoms with van der Waals surface area (Å²) < 4.78 is 13.0. The van der Waals surface area contributed by atoms with Gasteiger partial charge in [-0.1, -0.05) is 42.1 Å². The molecule has 5 aromatic rings. The summed E-state index contributed by atoms with van der Waals surface area (Å²) in [7, 11) is 1.61. The number of nitrogens with one attached hydrogen (secondary N) is 1. The van der Waals surface area contributed by atoms with Crippen LogP contribution in [0.25, 0.3) is 27.8 Å². The second-order valence-corrected chi connectivity index (χ2v) is 9.24. The Balaban J connectivity index is 1.34. The van der Waals surface area contributed by atoms with Crippen LogP contribution in [0.1, 0.15) is 12.5 Å². The van der Waals surface area contributed by atoms with Crippen LogP contribution in [0.2, 0.25) is 0 Å². The van der Waals surface area contributed by atoms with Crippen molar-refractivity contribution in [2.24, 2.45) is 5.10 Å². The van der Waals surface area contributed by atoms with E-state index in [1.165, 1.54) is 11.8 Å². The molecular weight excluding hydrogens is 512 g/mol. The highest BCUT2D eigenvalue weighted by molar-refractivity contribution is 7.99. The number of hydrogen-bond acceptors (Lipinski definition) is 8. The number of aromatic nitrogens is 4. The van der Waals surface area contributed by atoms with E-state index >= 15 is 0 Å². The van der Waals surface area contributed by atoms with Gasteiger partial charge in [0.1, 0.15) is 11.5 Å². The second-order valence-electron chi connectivity index (χ2n) is 8.29. The van der Waals surface area contributed by atoms with Crippen LogP contribution in [0.3, 0.4) is 0 Å². The maximum atomic E-state index is 12.7. The van der Waals surface area contributed by atoms with Crippen LogP contribution in [-0.4, -0.2) is 51.3 Å². The molecule has 196 valence electrons. The van der Waals surface area contributed by atoms with Gasteiger partial charge in [-0.05, 0) is 60.2 Å². The Labute approximate surface area is 229 Å². The van der Waals surface area contributed by atoms with Gasteiger partial charge in [0.2, 0.25) is 0 Å². The van der Waals surface area contributed by atoms with Crippen molar-refractivity contribution in [3.8, 4) is 28.6 Å². The maximum absolute atomic E-state index is 12.7. The van der Waals surface area contributed by atoms with Crippen LogP contribution < -0.4 is 14.9 Å². The van der Waals surface area contributed by atoms with E-state index in [2.05, 4.69) is 25.7 Å². The number of nitrogens with zero attached hydrogens (tertiary/aromatic N) is 5. The van der Waals surface area contributed by atoms with E-state index < -0.39 is 0 Å². The van der Waals surface area contributed by atoms with Gasteiger partial charge in [0.15, 0.2) is 11.0 Å². The van der Waals surface area contributed by atoms with E-state index in [0.29, 0.717) is 23.3 Å². The van der Waals surface area contributed by atoms with Gasteiger partial charge in [-0.2, -0.15) is 5.10 Å². The summed E-state index contributed by atoms with van der Waals surface area (Å²) in [5.41, 5.74) is 5.05. The molecule has 2 heterocycles. The fourth-order valence-corrected chi connectivity index (χ4v) is 4.80. The first-order valence-electron chi connectivity index (χ1n) is 12.3. The molecule has 1 amide bonds. The van der Waals surface area contributed by atoms with Crippen molar-refractivity contribution in [3.63, 3.8) is 0 Å². The zero-order valence-electron chi connectivity index (χ0n) is 21.4. The fourth-order valence-electron chi connectivity index (χ4n) is 4.05. The molecular formula is C29H26N6O3S. The summed E-state index contributed by atoms with van der Waals surface area (Å²) in [5, 5.41) is 15.6. The lowest BCUT2D eigenvalue weighted by Crippen LogP contribution is -2.20. The topological polar surface area (TPSA) is 104 Å². The van der Waals surface area contributed by atoms with Crippen LogP contribution in [0, 0.1) is 0 Å². The summed E-state index contributed by atoms with van der Waals surface area (Å²) in [4.78, 5) is 16.9. The summed E-state index contributed by atoms with van der Waals surface area (Å²) in [6, 6.07) is 23.2. The average molecular weight is 539 g/mol. The third-order valence-electron chi connectivity index (χ3n) is 5.82. The molecule has 39 heavy (non-hydrogen) atoms. The van der Waals surface area contributed by atoms with Gasteiger partial charge >= 0.3 is 0 Å². The zero-order valence-corrected chi connectivity index (χ0v) is 22.3. The molecule has 0 fully saturated rings. The van der Waals surface area contributed by atoms with Gasteiger partial charge in [0.05, 0.1) is 25.7 Å². The highest BCUT2D eigenvalue weighted by Gasteiger charge is 2.17. The Bertz CT molecular complexity index is 1600. The zero-order chi connectivity index (χ0) is 27.0. The second kappa shape index (κ2) is 12.2. The van der Waals surface area contributed by atoms with E-state index in [9.17, 15) is 4.79 Å². The van der Waals surface area contributed by atoms with Crippen molar-refractivity contribution in [1.82, 2.24) is 25.2 Å². The number of amides is 1. The van der Waals surface area contributed by atoms with Crippen molar-refractivity contribution >= 4 is 34.7 Å². The lowest BCUT2D eigenvalue weighted by atomic mass is 10.0. The number of carbonyl (C=O) groups is 1. The number of ether oxygens (including phenoxy) is 2. The Hall–Kier alpha value is -4.70. The summed E-state index contributed by atoms with van der Waals surface area (Å²) in [6.07, 6.45) is 5.04. The average Bonchev–Trinajstić information content (AvgIpc) is 3.41. The van der Waals surface area contributed by atoms with E-state index in [4.69, 9.17) is 9.47 Å². The van der Waals surface area contributed by atoms with E-state index in [1.54, 1.807) is 25.7 Å². The number of thioether (sulfide) groups is 1. The smallest absolute Gasteiger partial charge is 0.250 e. The molecule has 0 saturated heterocycles. The van der Waals surface area contributed by atoms with E-state index in [0.717, 1.165) is 33.3 Å². The minimum absolute atomic E-state index is 0.0895. The molecule has 0 saturated carbocycles. The van der Waals surface area contributed by atoms with Gasteiger partial charge in [-0.15, -0.1) is 10.2 Å². The van der Waals surface area contributed by atoms with Gasteiger partial charge in [-0.25, -0.2) is 5.43 Å². The van der Waals surface area contributed by atoms with Gasteiger partial charge < -0.3 is 9.47 Å². The molecule has 10 heteroatoms. The lowest BCUT2D eigenvalue weighted by Gasteiger charge is -2.11. The minimum Gasteiger partial charge on any atom is -0.496 e. The van der Waals surface area contributed by atoms with Crippen molar-refractivity contribution in [2.45, 2.75) is 12.1 Å². The molecule has 0 atom stereocenters. The highest BCUT2D eigenvalue weighted by atomic mass is 32.2. The predicted octanol–water partition coefficient (Wildman–Crippen LogP) is 5.13. The van der Waals surface area contributed by atoms with Crippen LogP contribution in [0.5, 0.6) is 11.5 Å². The normalized spacial score (nSPS) is 11.1. The van der Waals surface area contributed by atoms with Crippen molar-refractivity contribution in [3.05, 3.63) is 90.8 Å². The highest BCUT2D eigenvalue weighted by Crippen LogP contribution is 2.29.